The summed E-state index contributed by atoms with van der Waals surface area (Å²) in [4.78, 5) is 16.0. The summed E-state index contributed by atoms with van der Waals surface area (Å²) in [6.45, 7) is 6.14. The van der Waals surface area contributed by atoms with Crippen molar-refractivity contribution in [1.29, 1.82) is 0 Å². The zero-order valence-corrected chi connectivity index (χ0v) is 11.9. The summed E-state index contributed by atoms with van der Waals surface area (Å²) in [5.74, 6) is 0.654. The first kappa shape index (κ1) is 13.4. The third kappa shape index (κ3) is 2.39. The predicted octanol–water partition coefficient (Wildman–Crippen LogP) is 1.99. The van der Waals surface area contributed by atoms with Crippen molar-refractivity contribution in [3.8, 4) is 0 Å². The van der Waals surface area contributed by atoms with Gasteiger partial charge in [0, 0.05) is 19.2 Å². The van der Waals surface area contributed by atoms with E-state index in [0.717, 1.165) is 12.8 Å². The maximum absolute atomic E-state index is 12.1. The molecule has 1 N–H and O–H groups in total. The van der Waals surface area contributed by atoms with Gasteiger partial charge in [0.1, 0.15) is 7.85 Å². The molecule has 2 aliphatic carbocycles. The fraction of sp³-hybridized carbons (Fsp3) is 0.500. The molecule has 2 fully saturated rings. The number of rotatable bonds is 3. The summed E-state index contributed by atoms with van der Waals surface area (Å²) in [5.41, 5.74) is 2.76. The molecule has 1 spiro atoms. The van der Waals surface area contributed by atoms with Gasteiger partial charge in [-0.05, 0) is 61.7 Å². The highest BCUT2D eigenvalue weighted by atomic mass is 16.1. The number of amides is 1. The van der Waals surface area contributed by atoms with E-state index in [9.17, 15) is 4.79 Å². The van der Waals surface area contributed by atoms with Gasteiger partial charge in [-0.2, -0.15) is 0 Å². The van der Waals surface area contributed by atoms with Gasteiger partial charge in [-0.1, -0.05) is 12.2 Å². The largest absolute Gasteiger partial charge is 0.349 e. The Kier molecular flexibility index (Phi) is 3.19. The van der Waals surface area contributed by atoms with Crippen molar-refractivity contribution in [2.75, 3.05) is 0 Å². The molecule has 0 aromatic carbocycles. The Labute approximate surface area is 122 Å². The Morgan fingerprint density at radius 2 is 2.20 bits per heavy atom. The number of nitrogens with one attached hydrogen (secondary N) is 1. The number of carbonyl (C=O) groups excluding carboxylic acids is 1. The first-order valence-electron chi connectivity index (χ1n) is 7.15. The van der Waals surface area contributed by atoms with Crippen molar-refractivity contribution < 1.29 is 6.22 Å². The lowest BCUT2D eigenvalue weighted by Gasteiger charge is -2.58. The fourth-order valence-electron chi connectivity index (χ4n) is 3.61. The van der Waals surface area contributed by atoms with Gasteiger partial charge in [-0.15, -0.1) is 0 Å². The number of hydrogen-bond donors (Lipinski definition) is 1. The highest BCUT2D eigenvalue weighted by Gasteiger charge is 2.53. The lowest BCUT2D eigenvalue weighted by atomic mass is 9.49. The van der Waals surface area contributed by atoms with Crippen LogP contribution < -0.4 is 10.9 Å². The molecule has 0 atom stereocenters. The van der Waals surface area contributed by atoms with Gasteiger partial charge >= 0.3 is 0 Å². The van der Waals surface area contributed by atoms with Crippen LogP contribution in [-0.4, -0.2) is 24.8 Å². The molecule has 1 amide bonds. The van der Waals surface area contributed by atoms with Crippen molar-refractivity contribution in [3.63, 3.8) is 0 Å². The van der Waals surface area contributed by atoms with E-state index < -0.39 is 0 Å². The van der Waals surface area contributed by atoms with Crippen molar-refractivity contribution >= 4 is 19.3 Å². The molecule has 3 rings (SSSR count). The summed E-state index contributed by atoms with van der Waals surface area (Å²) in [6, 6.07) is 3.62. The van der Waals surface area contributed by atoms with E-state index in [1.54, 1.807) is 18.3 Å². The van der Waals surface area contributed by atoms with Gasteiger partial charge in [0.15, 0.2) is 0 Å². The number of aromatic nitrogens is 1. The zero-order valence-electron chi connectivity index (χ0n) is 11.9. The Balaban J connectivity index is 0.00000161. The van der Waals surface area contributed by atoms with Gasteiger partial charge in [0.25, 0.3) is 5.91 Å². The second-order valence-corrected chi connectivity index (χ2v) is 6.50. The highest BCUT2D eigenvalue weighted by Crippen LogP contribution is 2.60. The summed E-state index contributed by atoms with van der Waals surface area (Å²) < 4.78 is 0. The standard InChI is InChI=1S/C16H19BN2O.H2/c1-10(2)12-6-16(7-12)8-13(9-16)19-15(20)11-3-4-18-14(17)5-11;/h3-5,12-13H,1,6-9H2,2H3,(H,19,20);1H. The highest BCUT2D eigenvalue weighted by molar-refractivity contribution is 6.31. The van der Waals surface area contributed by atoms with Crippen LogP contribution in [0.5, 0.6) is 0 Å². The van der Waals surface area contributed by atoms with Crippen LogP contribution in [0.3, 0.4) is 0 Å². The molecule has 1 aromatic heterocycles. The number of carbonyl (C=O) groups is 1. The minimum atomic E-state index is -0.0466. The van der Waals surface area contributed by atoms with Crippen LogP contribution in [-0.2, 0) is 0 Å². The van der Waals surface area contributed by atoms with Crippen LogP contribution in [0.15, 0.2) is 30.5 Å². The lowest BCUT2D eigenvalue weighted by Crippen LogP contribution is -2.56. The monoisotopic (exact) mass is 268 g/mol. The smallest absolute Gasteiger partial charge is 0.251 e. The molecule has 2 aliphatic rings. The van der Waals surface area contributed by atoms with Crippen LogP contribution in [0.4, 0.5) is 0 Å². The predicted molar refractivity (Wildman–Crippen MR) is 82.2 cm³/mol. The third-order valence-corrected chi connectivity index (χ3v) is 4.79. The van der Waals surface area contributed by atoms with Crippen LogP contribution in [0, 0.1) is 11.3 Å². The minimum absolute atomic E-state index is 0. The average Bonchev–Trinajstić information content (AvgIpc) is 2.29. The van der Waals surface area contributed by atoms with E-state index in [4.69, 9.17) is 7.85 Å². The molecule has 0 saturated heterocycles. The second kappa shape index (κ2) is 4.76. The number of hydrogen-bond acceptors (Lipinski definition) is 2. The molecule has 20 heavy (non-hydrogen) atoms. The summed E-state index contributed by atoms with van der Waals surface area (Å²) >= 11 is 0. The lowest BCUT2D eigenvalue weighted by molar-refractivity contribution is -0.0335. The third-order valence-electron chi connectivity index (χ3n) is 4.79. The molecule has 0 aliphatic heterocycles. The SMILES string of the molecule is [B]c1cc(C(=O)NC2CC3(C2)CC(C(=C)C)C3)ccn1.[HH]. The van der Waals surface area contributed by atoms with Gasteiger partial charge < -0.3 is 5.32 Å². The number of nitrogens with zero attached hydrogens (tertiary/aromatic N) is 1. The maximum atomic E-state index is 12.1. The first-order chi connectivity index (χ1) is 9.47. The number of allylic oxidation sites excluding steroid dienone is 1. The van der Waals surface area contributed by atoms with Crippen LogP contribution in [0.25, 0.3) is 0 Å². The quantitative estimate of drug-likeness (QED) is 0.672. The minimum Gasteiger partial charge on any atom is -0.349 e. The van der Waals surface area contributed by atoms with Gasteiger partial charge in [0.05, 0.1) is 0 Å². The van der Waals surface area contributed by atoms with Crippen molar-refractivity contribution in [2.24, 2.45) is 11.3 Å². The van der Waals surface area contributed by atoms with Crippen molar-refractivity contribution in [2.45, 2.75) is 38.6 Å². The van der Waals surface area contributed by atoms with Crippen LogP contribution in [0.1, 0.15) is 44.4 Å². The molecule has 1 heterocycles. The van der Waals surface area contributed by atoms with E-state index in [1.165, 1.54) is 18.4 Å². The maximum Gasteiger partial charge on any atom is 0.251 e. The topological polar surface area (TPSA) is 42.0 Å². The van der Waals surface area contributed by atoms with Gasteiger partial charge in [-0.25, -0.2) is 0 Å². The molecule has 0 bridgehead atoms. The molecule has 3 nitrogen and oxygen atoms in total. The van der Waals surface area contributed by atoms with E-state index in [0.29, 0.717) is 28.5 Å². The summed E-state index contributed by atoms with van der Waals surface area (Å²) in [7, 11) is 5.59. The van der Waals surface area contributed by atoms with E-state index in [2.05, 4.69) is 23.8 Å². The Hall–Kier alpha value is -1.58. The Morgan fingerprint density at radius 3 is 2.80 bits per heavy atom. The molecule has 4 heteroatoms. The van der Waals surface area contributed by atoms with Crippen LogP contribution in [0.2, 0.25) is 0 Å². The molecular formula is C16H21BN2O. The van der Waals surface area contributed by atoms with E-state index >= 15 is 0 Å². The van der Waals surface area contributed by atoms with Gasteiger partial charge in [0.2, 0.25) is 0 Å². The normalized spacial score (nSPS) is 31.2. The van der Waals surface area contributed by atoms with Crippen molar-refractivity contribution in [1.82, 2.24) is 10.3 Å². The first-order valence-corrected chi connectivity index (χ1v) is 7.15. The second-order valence-electron chi connectivity index (χ2n) is 6.50. The fourth-order valence-corrected chi connectivity index (χ4v) is 3.61. The van der Waals surface area contributed by atoms with Gasteiger partial charge in [-0.3, -0.25) is 9.78 Å². The molecule has 104 valence electrons. The van der Waals surface area contributed by atoms with E-state index in [-0.39, 0.29) is 7.33 Å². The Morgan fingerprint density at radius 1 is 1.50 bits per heavy atom. The molecule has 0 unspecified atom stereocenters. The molecule has 1 aromatic rings. The van der Waals surface area contributed by atoms with E-state index in [1.807, 2.05) is 0 Å². The zero-order chi connectivity index (χ0) is 14.3. The molecular weight excluding hydrogens is 247 g/mol. The van der Waals surface area contributed by atoms with Crippen molar-refractivity contribution in [3.05, 3.63) is 36.0 Å². The van der Waals surface area contributed by atoms with Crippen LogP contribution >= 0.6 is 0 Å². The average molecular weight is 268 g/mol. The summed E-state index contributed by atoms with van der Waals surface area (Å²) in [6.07, 6.45) is 6.26. The summed E-state index contributed by atoms with van der Waals surface area (Å²) in [5, 5.41) is 3.08. The molecule has 2 radical (unpaired) electrons. The number of pyridine rings is 1. The Bertz CT molecular complexity index is 561. The molecule has 2 saturated carbocycles.